The van der Waals surface area contributed by atoms with Gasteiger partial charge in [-0.05, 0) is 30.3 Å². The van der Waals surface area contributed by atoms with Crippen molar-refractivity contribution in [3.05, 3.63) is 58.5 Å². The van der Waals surface area contributed by atoms with Crippen LogP contribution in [0.2, 0.25) is 0 Å². The number of fused-ring (bicyclic) bond motifs is 1. The van der Waals surface area contributed by atoms with Gasteiger partial charge in [0.15, 0.2) is 6.20 Å². The number of thiazole rings is 1. The summed E-state index contributed by atoms with van der Waals surface area (Å²) < 4.78 is 33.6. The van der Waals surface area contributed by atoms with Gasteiger partial charge in [-0.25, -0.2) is 0 Å². The van der Waals surface area contributed by atoms with E-state index in [2.05, 4.69) is 74.4 Å². The first kappa shape index (κ1) is 16.3. The van der Waals surface area contributed by atoms with Gasteiger partial charge >= 0.3 is 28.9 Å². The van der Waals surface area contributed by atoms with Crippen LogP contribution in [-0.4, -0.2) is 14.0 Å². The molecule has 5 nitrogen and oxygen atoms in total. The molecule has 0 fully saturated rings. The summed E-state index contributed by atoms with van der Waals surface area (Å²) in [6.45, 7) is 0. The van der Waals surface area contributed by atoms with Gasteiger partial charge in [-0.15, -0.1) is 0 Å². The molecule has 0 bridgehead atoms. The number of halogens is 2. The fourth-order valence-corrected chi connectivity index (χ4v) is 2.90. The van der Waals surface area contributed by atoms with E-state index < -0.39 is 10.2 Å². The first-order valence-electron chi connectivity index (χ1n) is 5.64. The topological polar surface area (TPSA) is 87.9 Å². The molecule has 3 rings (SSSR count). The molecule has 2 aromatic heterocycles. The summed E-state index contributed by atoms with van der Waals surface area (Å²) in [5, 5.41) is 2.19. The van der Waals surface area contributed by atoms with E-state index >= 15 is 0 Å². The monoisotopic (exact) mass is 392 g/mol. The van der Waals surface area contributed by atoms with Crippen LogP contribution in [0.3, 0.4) is 0 Å². The first-order valence-corrected chi connectivity index (χ1v) is 8.64. The van der Waals surface area contributed by atoms with Crippen molar-refractivity contribution in [3.63, 3.8) is 0 Å². The van der Waals surface area contributed by atoms with Gasteiger partial charge in [-0.1, -0.05) is 27.3 Å². The van der Waals surface area contributed by atoms with Crippen LogP contribution < -0.4 is 9.06 Å². The van der Waals surface area contributed by atoms with Gasteiger partial charge < -0.3 is 0 Å². The molecule has 3 aromatic rings. The van der Waals surface area contributed by atoms with E-state index in [1.165, 1.54) is 16.1 Å². The van der Waals surface area contributed by atoms with Crippen LogP contribution in [0.15, 0.2) is 58.5 Å². The summed E-state index contributed by atoms with van der Waals surface area (Å²) in [6, 6.07) is 14.7. The Balaban J connectivity index is 0.000000282. The van der Waals surface area contributed by atoms with Crippen molar-refractivity contribution in [2.45, 2.75) is 0 Å². The molecule has 0 saturated carbocycles. The Morgan fingerprint density at radius 1 is 1.05 bits per heavy atom. The van der Waals surface area contributed by atoms with Crippen LogP contribution in [0.4, 0.5) is 0 Å². The van der Waals surface area contributed by atoms with E-state index in [0.29, 0.717) is 0 Å². The Morgan fingerprint density at radius 2 is 1.67 bits per heavy atom. The molecule has 1 aromatic carbocycles. The van der Waals surface area contributed by atoms with Crippen LogP contribution in [0, 0.1) is 10.2 Å². The Bertz CT molecular complexity index is 721. The number of aromatic nitrogens is 1. The molecule has 0 unspecified atom stereocenters. The molecule has 3 N–H and O–H groups in total. The van der Waals surface area contributed by atoms with Crippen molar-refractivity contribution in [1.29, 1.82) is 0 Å². The predicted molar refractivity (Wildman–Crippen MR) is 77.3 cm³/mol. The number of hydrogen-bond donors (Lipinski definition) is 3. The average molecular weight is 394 g/mol. The second-order valence-electron chi connectivity index (χ2n) is 3.97. The standard InChI is InChI=1S/C13H9BrNS.ClH3O4/c14-11-6-4-10(5-7-11)12-9-16-13-3-1-2-8-15(12)13;2-1(3,4)5/h1-9H;2-4H/q+1;. The molecule has 0 atom stereocenters. The number of benzene rings is 1. The molecule has 0 radical (unpaired) electrons. The van der Waals surface area contributed by atoms with Crippen molar-refractivity contribution < 1.29 is 33.3 Å². The normalized spacial score (nSPS) is 11.9. The van der Waals surface area contributed by atoms with Gasteiger partial charge in [0.25, 0.3) is 4.83 Å². The van der Waals surface area contributed by atoms with E-state index in [-0.39, 0.29) is 0 Å². The molecule has 112 valence electrons. The molecule has 21 heavy (non-hydrogen) atoms. The minimum atomic E-state index is -4.19. The number of hydrogen-bond acceptors (Lipinski definition) is 5. The van der Waals surface area contributed by atoms with E-state index in [1.807, 2.05) is 0 Å². The number of rotatable bonds is 1. The van der Waals surface area contributed by atoms with Gasteiger partial charge in [0.2, 0.25) is 5.69 Å². The van der Waals surface area contributed by atoms with E-state index in [1.54, 1.807) is 11.3 Å². The van der Waals surface area contributed by atoms with E-state index in [4.69, 9.17) is 18.6 Å². The van der Waals surface area contributed by atoms with Gasteiger partial charge in [0, 0.05) is 22.2 Å². The third-order valence-corrected chi connectivity index (χ3v) is 3.96. The van der Waals surface area contributed by atoms with Crippen molar-refractivity contribution in [1.82, 2.24) is 0 Å². The molecule has 0 aliphatic rings. The quantitative estimate of drug-likeness (QED) is 0.539. The van der Waals surface area contributed by atoms with Gasteiger partial charge in [-0.3, -0.25) is 0 Å². The second kappa shape index (κ2) is 6.80. The van der Waals surface area contributed by atoms with E-state index in [9.17, 15) is 0 Å². The van der Waals surface area contributed by atoms with Gasteiger partial charge in [-0.2, -0.15) is 4.40 Å². The van der Waals surface area contributed by atoms with Crippen LogP contribution in [0.1, 0.15) is 0 Å². The molecule has 0 spiro atoms. The Kier molecular flexibility index (Phi) is 5.28. The summed E-state index contributed by atoms with van der Waals surface area (Å²) in [4.78, 5) is 1.26. The Hall–Kier alpha value is -1.06. The number of nitrogens with zero attached hydrogens (tertiary/aromatic N) is 1. The third kappa shape index (κ3) is 5.01. The summed E-state index contributed by atoms with van der Waals surface area (Å²) >= 11 is 5.22. The summed E-state index contributed by atoms with van der Waals surface area (Å²) in [5.41, 5.74) is 2.48. The molecule has 0 aliphatic heterocycles. The Morgan fingerprint density at radius 3 is 2.29 bits per heavy atom. The molecule has 0 aliphatic carbocycles. The fraction of sp³-hybridized carbons (Fsp3) is 0. The zero-order chi connectivity index (χ0) is 15.5. The first-order chi connectivity index (χ1) is 9.84. The summed E-state index contributed by atoms with van der Waals surface area (Å²) in [7, 11) is -4.19. The SMILES string of the molecule is Brc1ccc(-c2csc3cccc[n+]23)cc1.[O-][Cl+](O)(O)O. The minimum absolute atomic E-state index is 1.11. The van der Waals surface area contributed by atoms with Crippen LogP contribution >= 0.6 is 27.3 Å². The molecular weight excluding hydrogens is 382 g/mol. The van der Waals surface area contributed by atoms with Crippen molar-refractivity contribution >= 4 is 32.1 Å². The van der Waals surface area contributed by atoms with Crippen molar-refractivity contribution in [2.75, 3.05) is 0 Å². The molecule has 2 heterocycles. The second-order valence-corrected chi connectivity index (χ2v) is 6.64. The molecule has 8 heteroatoms. The Labute approximate surface area is 135 Å². The predicted octanol–water partition coefficient (Wildman–Crippen LogP) is 1.06. The molecule has 0 saturated heterocycles. The maximum absolute atomic E-state index is 8.83. The van der Waals surface area contributed by atoms with E-state index in [0.717, 1.165) is 4.47 Å². The average Bonchev–Trinajstić information content (AvgIpc) is 2.82. The van der Waals surface area contributed by atoms with Crippen LogP contribution in [0.25, 0.3) is 16.1 Å². The third-order valence-electron chi connectivity index (χ3n) is 2.51. The molecular formula is C13H12BrClNO4S+. The van der Waals surface area contributed by atoms with Crippen molar-refractivity contribution in [2.24, 2.45) is 0 Å². The summed E-state index contributed by atoms with van der Waals surface area (Å²) in [5.74, 6) is 0. The maximum atomic E-state index is 8.83. The number of pyridine rings is 1. The van der Waals surface area contributed by atoms with Gasteiger partial charge in [0.05, 0.1) is 5.38 Å². The fourth-order valence-electron chi connectivity index (χ4n) is 1.72. The van der Waals surface area contributed by atoms with Crippen molar-refractivity contribution in [3.8, 4) is 11.3 Å². The van der Waals surface area contributed by atoms with Gasteiger partial charge in [0.1, 0.15) is 0 Å². The zero-order valence-electron chi connectivity index (χ0n) is 10.6. The summed E-state index contributed by atoms with van der Waals surface area (Å²) in [6.07, 6.45) is 2.10. The van der Waals surface area contributed by atoms with Crippen LogP contribution in [-0.2, 0) is 0 Å². The molecule has 0 amide bonds. The zero-order valence-corrected chi connectivity index (χ0v) is 13.7. The van der Waals surface area contributed by atoms with Crippen LogP contribution in [0.5, 0.6) is 0 Å².